The Balaban J connectivity index is 3.00. The van der Waals surface area contributed by atoms with Gasteiger partial charge in [-0.25, -0.2) is 4.79 Å². The lowest BCUT2D eigenvalue weighted by molar-refractivity contribution is 0.0587. The lowest BCUT2D eigenvalue weighted by atomic mass is 10.2. The van der Waals surface area contributed by atoms with Gasteiger partial charge in [-0.05, 0) is 5.92 Å². The van der Waals surface area contributed by atoms with Crippen LogP contribution < -0.4 is 5.73 Å². The normalized spacial score (nSPS) is 10.6. The molecule has 0 unspecified atom stereocenters. The smallest absolute Gasteiger partial charge is 0.358 e. The molecule has 2 N–H and O–H groups in total. The van der Waals surface area contributed by atoms with Crippen molar-refractivity contribution in [2.24, 2.45) is 5.92 Å². The van der Waals surface area contributed by atoms with Gasteiger partial charge in [0, 0.05) is 6.54 Å². The van der Waals surface area contributed by atoms with Crippen molar-refractivity contribution in [1.82, 2.24) is 9.78 Å². The number of nitrogens with zero attached hydrogens (tertiary/aromatic N) is 2. The van der Waals surface area contributed by atoms with E-state index in [0.29, 0.717) is 23.8 Å². The Bertz CT molecular complexity index is 331. The van der Waals surface area contributed by atoms with Crippen LogP contribution in [0.25, 0.3) is 0 Å². The predicted molar refractivity (Wildman–Crippen MR) is 52.8 cm³/mol. The highest BCUT2D eigenvalue weighted by molar-refractivity contribution is 5.92. The van der Waals surface area contributed by atoms with Gasteiger partial charge in [-0.1, -0.05) is 13.8 Å². The van der Waals surface area contributed by atoms with Crippen molar-refractivity contribution < 1.29 is 9.53 Å². The first-order chi connectivity index (χ1) is 6.56. The highest BCUT2D eigenvalue weighted by Gasteiger charge is 2.17. The first-order valence-electron chi connectivity index (χ1n) is 4.45. The number of nitrogen functional groups attached to an aromatic ring is 1. The molecule has 14 heavy (non-hydrogen) atoms. The summed E-state index contributed by atoms with van der Waals surface area (Å²) in [6.07, 6.45) is 1.47. The summed E-state index contributed by atoms with van der Waals surface area (Å²) in [7, 11) is 1.33. The maximum absolute atomic E-state index is 11.3. The molecule has 0 saturated heterocycles. The van der Waals surface area contributed by atoms with Gasteiger partial charge in [0.2, 0.25) is 0 Å². The van der Waals surface area contributed by atoms with Crippen LogP contribution in [0, 0.1) is 5.92 Å². The zero-order valence-electron chi connectivity index (χ0n) is 8.65. The third-order valence-electron chi connectivity index (χ3n) is 1.78. The molecule has 1 aromatic heterocycles. The van der Waals surface area contributed by atoms with E-state index in [0.717, 1.165) is 0 Å². The van der Waals surface area contributed by atoms with Crippen LogP contribution in [0.3, 0.4) is 0 Å². The Morgan fingerprint density at radius 3 is 2.86 bits per heavy atom. The Morgan fingerprint density at radius 2 is 2.36 bits per heavy atom. The van der Waals surface area contributed by atoms with Gasteiger partial charge < -0.3 is 10.5 Å². The molecule has 0 bridgehead atoms. The second kappa shape index (κ2) is 4.13. The summed E-state index contributed by atoms with van der Waals surface area (Å²) < 4.78 is 6.19. The largest absolute Gasteiger partial charge is 0.464 e. The van der Waals surface area contributed by atoms with Crippen molar-refractivity contribution in [2.75, 3.05) is 12.8 Å². The van der Waals surface area contributed by atoms with E-state index in [1.807, 2.05) is 13.8 Å². The van der Waals surface area contributed by atoms with Crippen LogP contribution >= 0.6 is 0 Å². The van der Waals surface area contributed by atoms with Gasteiger partial charge in [0.25, 0.3) is 0 Å². The molecule has 0 atom stereocenters. The van der Waals surface area contributed by atoms with Crippen molar-refractivity contribution in [3.05, 3.63) is 11.9 Å². The summed E-state index contributed by atoms with van der Waals surface area (Å²) >= 11 is 0. The van der Waals surface area contributed by atoms with E-state index in [9.17, 15) is 4.79 Å². The summed E-state index contributed by atoms with van der Waals surface area (Å²) in [5.41, 5.74) is 6.30. The first-order valence-corrected chi connectivity index (χ1v) is 4.45. The molecule has 0 saturated carbocycles. The van der Waals surface area contributed by atoms with E-state index < -0.39 is 5.97 Å². The van der Waals surface area contributed by atoms with E-state index >= 15 is 0 Å². The highest BCUT2D eigenvalue weighted by Crippen LogP contribution is 2.13. The monoisotopic (exact) mass is 197 g/mol. The lowest BCUT2D eigenvalue weighted by Gasteiger charge is -2.08. The van der Waals surface area contributed by atoms with Crippen LogP contribution in [0.5, 0.6) is 0 Å². The van der Waals surface area contributed by atoms with Crippen LogP contribution in [0.1, 0.15) is 24.3 Å². The third kappa shape index (κ3) is 2.04. The number of hydrogen-bond acceptors (Lipinski definition) is 4. The van der Waals surface area contributed by atoms with Crippen LogP contribution in [-0.4, -0.2) is 22.9 Å². The summed E-state index contributed by atoms with van der Waals surface area (Å²) in [6.45, 7) is 4.74. The summed E-state index contributed by atoms with van der Waals surface area (Å²) in [6, 6.07) is 0. The summed E-state index contributed by atoms with van der Waals surface area (Å²) in [4.78, 5) is 11.3. The number of rotatable bonds is 3. The number of anilines is 1. The number of carbonyl (C=O) groups is 1. The number of hydrogen-bond donors (Lipinski definition) is 1. The van der Waals surface area contributed by atoms with Gasteiger partial charge in [0.15, 0.2) is 5.69 Å². The molecule has 0 aliphatic heterocycles. The topological polar surface area (TPSA) is 70.1 Å². The Hall–Kier alpha value is -1.52. The van der Waals surface area contributed by atoms with E-state index in [2.05, 4.69) is 9.84 Å². The van der Waals surface area contributed by atoms with Crippen molar-refractivity contribution in [1.29, 1.82) is 0 Å². The Labute approximate surface area is 82.8 Å². The zero-order chi connectivity index (χ0) is 10.7. The van der Waals surface area contributed by atoms with Crippen molar-refractivity contribution in [3.63, 3.8) is 0 Å². The fourth-order valence-electron chi connectivity index (χ4n) is 1.20. The molecule has 1 heterocycles. The average Bonchev–Trinajstić information content (AvgIpc) is 2.45. The molecular weight excluding hydrogens is 182 g/mol. The SMILES string of the molecule is COC(=O)c1c(N)cnn1CC(C)C. The molecule has 78 valence electrons. The van der Waals surface area contributed by atoms with Gasteiger partial charge in [-0.15, -0.1) is 0 Å². The molecule has 5 heteroatoms. The predicted octanol–water partition coefficient (Wildman–Crippen LogP) is 0.908. The molecule has 0 aliphatic carbocycles. The summed E-state index contributed by atoms with van der Waals surface area (Å²) in [5, 5.41) is 4.02. The van der Waals surface area contributed by atoms with E-state index in [-0.39, 0.29) is 0 Å². The third-order valence-corrected chi connectivity index (χ3v) is 1.78. The molecule has 0 fully saturated rings. The van der Waals surface area contributed by atoms with E-state index in [1.54, 1.807) is 4.68 Å². The Kier molecular flexibility index (Phi) is 3.11. The van der Waals surface area contributed by atoms with Crippen LogP contribution in [-0.2, 0) is 11.3 Å². The highest BCUT2D eigenvalue weighted by atomic mass is 16.5. The zero-order valence-corrected chi connectivity index (χ0v) is 8.65. The second-order valence-corrected chi connectivity index (χ2v) is 3.52. The molecule has 0 amide bonds. The fraction of sp³-hybridized carbons (Fsp3) is 0.556. The second-order valence-electron chi connectivity index (χ2n) is 3.52. The Morgan fingerprint density at radius 1 is 1.71 bits per heavy atom. The van der Waals surface area contributed by atoms with Gasteiger partial charge in [-0.3, -0.25) is 4.68 Å². The van der Waals surface area contributed by atoms with Crippen LogP contribution in [0.2, 0.25) is 0 Å². The molecule has 0 spiro atoms. The first kappa shape index (κ1) is 10.6. The number of carbonyl (C=O) groups excluding carboxylic acids is 1. The molecule has 0 aliphatic rings. The minimum Gasteiger partial charge on any atom is -0.464 e. The van der Waals surface area contributed by atoms with Crippen LogP contribution in [0.4, 0.5) is 5.69 Å². The molecule has 5 nitrogen and oxygen atoms in total. The van der Waals surface area contributed by atoms with Gasteiger partial charge in [0.1, 0.15) is 0 Å². The van der Waals surface area contributed by atoms with Crippen molar-refractivity contribution >= 4 is 11.7 Å². The maximum atomic E-state index is 11.3. The number of ether oxygens (including phenoxy) is 1. The molecule has 1 rings (SSSR count). The average molecular weight is 197 g/mol. The molecule has 0 radical (unpaired) electrons. The quantitative estimate of drug-likeness (QED) is 0.731. The summed E-state index contributed by atoms with van der Waals surface area (Å²) in [5.74, 6) is -0.0432. The van der Waals surface area contributed by atoms with Crippen LogP contribution in [0.15, 0.2) is 6.20 Å². The fourth-order valence-corrected chi connectivity index (χ4v) is 1.20. The molecule has 1 aromatic rings. The van der Waals surface area contributed by atoms with Gasteiger partial charge in [0.05, 0.1) is 19.0 Å². The van der Waals surface area contributed by atoms with E-state index in [4.69, 9.17) is 5.73 Å². The lowest BCUT2D eigenvalue weighted by Crippen LogP contribution is -2.16. The molecular formula is C9H15N3O2. The number of methoxy groups -OCH3 is 1. The minimum atomic E-state index is -0.444. The van der Waals surface area contributed by atoms with Crippen molar-refractivity contribution in [3.8, 4) is 0 Å². The minimum absolute atomic E-state index is 0.334. The molecule has 0 aromatic carbocycles. The maximum Gasteiger partial charge on any atom is 0.358 e. The van der Waals surface area contributed by atoms with E-state index in [1.165, 1.54) is 13.3 Å². The number of esters is 1. The number of aromatic nitrogens is 2. The van der Waals surface area contributed by atoms with Gasteiger partial charge >= 0.3 is 5.97 Å². The standard InChI is InChI=1S/C9H15N3O2/c1-6(2)5-12-8(9(13)14-3)7(10)4-11-12/h4,6H,5,10H2,1-3H3. The van der Waals surface area contributed by atoms with Gasteiger partial charge in [-0.2, -0.15) is 5.10 Å². The van der Waals surface area contributed by atoms with Crippen molar-refractivity contribution in [2.45, 2.75) is 20.4 Å². The number of nitrogens with two attached hydrogens (primary N) is 1.